The lowest BCUT2D eigenvalue weighted by atomic mass is 10.1. The summed E-state index contributed by atoms with van der Waals surface area (Å²) < 4.78 is 6.49. The highest BCUT2D eigenvalue weighted by molar-refractivity contribution is 5.95. The zero-order valence-electron chi connectivity index (χ0n) is 15.1. The number of imidazole rings is 1. The van der Waals surface area contributed by atoms with Gasteiger partial charge in [-0.3, -0.25) is 14.8 Å². The fourth-order valence-electron chi connectivity index (χ4n) is 2.65. The molecule has 0 atom stereocenters. The van der Waals surface area contributed by atoms with E-state index in [0.717, 1.165) is 22.8 Å². The third-order valence-corrected chi connectivity index (χ3v) is 4.13. The normalized spacial score (nSPS) is 10.6. The number of nitrogens with one attached hydrogen (secondary N) is 1. The Kier molecular flexibility index (Phi) is 5.25. The minimum Gasteiger partial charge on any atom is -0.469 e. The molecule has 0 fully saturated rings. The highest BCUT2D eigenvalue weighted by Crippen LogP contribution is 2.18. The van der Waals surface area contributed by atoms with Crippen LogP contribution in [-0.4, -0.2) is 38.7 Å². The molecule has 2 aromatic heterocycles. The third kappa shape index (κ3) is 4.17. The van der Waals surface area contributed by atoms with Crippen molar-refractivity contribution in [3.63, 3.8) is 0 Å². The van der Waals surface area contributed by atoms with Crippen LogP contribution in [0, 0.1) is 12.3 Å². The number of aromatic nitrogens is 4. The number of aryl methyl sites for hydroxylation is 2. The Bertz CT molecular complexity index is 961. The quantitative estimate of drug-likeness (QED) is 0.392. The molecule has 0 unspecified atom stereocenters. The Morgan fingerprint density at radius 1 is 1.19 bits per heavy atom. The number of nitrogen functional groups attached to an aromatic ring is 1. The lowest BCUT2D eigenvalue weighted by Gasteiger charge is -2.05. The smallest absolute Gasteiger partial charge is 0.305 e. The maximum Gasteiger partial charge on any atom is 0.305 e. The van der Waals surface area contributed by atoms with Crippen molar-refractivity contribution in [2.45, 2.75) is 19.8 Å². The molecule has 3 N–H and O–H groups in total. The molecule has 138 valence electrons. The summed E-state index contributed by atoms with van der Waals surface area (Å²) in [7, 11) is 1.37. The second-order valence-electron chi connectivity index (χ2n) is 5.99. The molecule has 2 heterocycles. The number of hydrogen-bond acceptors (Lipinski definition) is 6. The Labute approximate surface area is 156 Å². The van der Waals surface area contributed by atoms with E-state index in [0.29, 0.717) is 17.8 Å². The number of hydrogen-bond donors (Lipinski definition) is 2. The van der Waals surface area contributed by atoms with Gasteiger partial charge < -0.3 is 10.5 Å². The minimum absolute atomic E-state index is 0.0292. The third-order valence-electron chi connectivity index (χ3n) is 4.13. The number of carbonyl (C=O) groups is 1. The van der Waals surface area contributed by atoms with Crippen LogP contribution in [0.4, 0.5) is 0 Å². The topological polar surface area (TPSA) is 120 Å². The van der Waals surface area contributed by atoms with E-state index in [2.05, 4.69) is 19.9 Å². The molecule has 3 aromatic rings. The number of rotatable bonds is 6. The van der Waals surface area contributed by atoms with E-state index in [1.54, 1.807) is 12.1 Å². The van der Waals surface area contributed by atoms with Gasteiger partial charge in [0.15, 0.2) is 5.82 Å². The van der Waals surface area contributed by atoms with Crippen molar-refractivity contribution in [3.8, 4) is 17.1 Å². The first-order valence-corrected chi connectivity index (χ1v) is 8.38. The molecule has 0 bridgehead atoms. The summed E-state index contributed by atoms with van der Waals surface area (Å²) in [4.78, 5) is 15.7. The maximum absolute atomic E-state index is 11.3. The Hall–Kier alpha value is -3.55. The monoisotopic (exact) mass is 364 g/mol. The fourth-order valence-corrected chi connectivity index (χ4v) is 2.65. The van der Waals surface area contributed by atoms with E-state index < -0.39 is 0 Å². The first-order chi connectivity index (χ1) is 13.0. The molecule has 8 heteroatoms. The molecule has 0 radical (unpaired) electrons. The maximum atomic E-state index is 11.3. The largest absolute Gasteiger partial charge is 0.469 e. The van der Waals surface area contributed by atoms with E-state index in [1.165, 1.54) is 7.11 Å². The lowest BCUT2D eigenvalue weighted by molar-refractivity contribution is -0.140. The number of ether oxygens (including phenoxy) is 1. The Morgan fingerprint density at radius 2 is 1.93 bits per heavy atom. The number of benzene rings is 1. The van der Waals surface area contributed by atoms with Crippen LogP contribution in [0.1, 0.15) is 23.5 Å². The molecule has 1 aromatic carbocycles. The van der Waals surface area contributed by atoms with Crippen molar-refractivity contribution >= 4 is 11.8 Å². The van der Waals surface area contributed by atoms with Crippen molar-refractivity contribution in [2.75, 3.05) is 7.11 Å². The van der Waals surface area contributed by atoms with Gasteiger partial charge in [0.25, 0.3) is 0 Å². The molecule has 0 aliphatic rings. The molecule has 0 saturated heterocycles. The molecule has 0 aliphatic heterocycles. The van der Waals surface area contributed by atoms with Gasteiger partial charge in [0.2, 0.25) is 0 Å². The molecular weight excluding hydrogens is 344 g/mol. The standard InChI is InChI=1S/C19H20N6O2/c1-12-22-15(7-10-18(26)27-2)11-25(12)17-9-8-16(23-24-17)13-3-5-14(6-4-13)19(20)21/h3-6,8-9,11H,7,10H2,1-2H3,(H3,20,21). The summed E-state index contributed by atoms with van der Waals surface area (Å²) in [5, 5.41) is 16.0. The van der Waals surface area contributed by atoms with Crippen LogP contribution in [0.2, 0.25) is 0 Å². The van der Waals surface area contributed by atoms with Crippen LogP contribution in [0.25, 0.3) is 17.1 Å². The second-order valence-corrected chi connectivity index (χ2v) is 5.99. The van der Waals surface area contributed by atoms with Crippen molar-refractivity contribution in [1.29, 1.82) is 5.41 Å². The van der Waals surface area contributed by atoms with Crippen LogP contribution in [0.15, 0.2) is 42.6 Å². The van der Waals surface area contributed by atoms with Gasteiger partial charge in [-0.05, 0) is 19.1 Å². The fraction of sp³-hybridized carbons (Fsp3) is 0.211. The van der Waals surface area contributed by atoms with Crippen LogP contribution in [0.3, 0.4) is 0 Å². The summed E-state index contributed by atoms with van der Waals surface area (Å²) >= 11 is 0. The minimum atomic E-state index is -0.262. The van der Waals surface area contributed by atoms with Gasteiger partial charge in [0.1, 0.15) is 11.7 Å². The summed E-state index contributed by atoms with van der Waals surface area (Å²) in [5.41, 5.74) is 8.54. The number of amidine groups is 1. The zero-order valence-corrected chi connectivity index (χ0v) is 15.1. The molecular formula is C19H20N6O2. The molecule has 0 aliphatic carbocycles. The van der Waals surface area contributed by atoms with E-state index in [4.69, 9.17) is 11.1 Å². The zero-order chi connectivity index (χ0) is 19.4. The average Bonchev–Trinajstić information content (AvgIpc) is 3.07. The van der Waals surface area contributed by atoms with Gasteiger partial charge in [-0.15, -0.1) is 10.2 Å². The van der Waals surface area contributed by atoms with Gasteiger partial charge in [0, 0.05) is 23.7 Å². The first-order valence-electron chi connectivity index (χ1n) is 8.38. The van der Waals surface area contributed by atoms with Gasteiger partial charge in [-0.1, -0.05) is 24.3 Å². The Balaban J connectivity index is 1.78. The van der Waals surface area contributed by atoms with Crippen LogP contribution < -0.4 is 5.73 Å². The van der Waals surface area contributed by atoms with Crippen molar-refractivity contribution < 1.29 is 9.53 Å². The number of carbonyl (C=O) groups excluding carboxylic acids is 1. The molecule has 0 spiro atoms. The van der Waals surface area contributed by atoms with Crippen molar-refractivity contribution in [3.05, 3.63) is 59.7 Å². The highest BCUT2D eigenvalue weighted by atomic mass is 16.5. The van der Waals surface area contributed by atoms with E-state index in [-0.39, 0.29) is 18.2 Å². The molecule has 27 heavy (non-hydrogen) atoms. The average molecular weight is 364 g/mol. The first kappa shape index (κ1) is 18.2. The summed E-state index contributed by atoms with van der Waals surface area (Å²) in [6, 6.07) is 11.0. The van der Waals surface area contributed by atoms with E-state index in [1.807, 2.05) is 42.0 Å². The van der Waals surface area contributed by atoms with Crippen molar-refractivity contribution in [2.24, 2.45) is 5.73 Å². The molecule has 0 amide bonds. The van der Waals surface area contributed by atoms with Gasteiger partial charge in [-0.25, -0.2) is 4.98 Å². The molecule has 3 rings (SSSR count). The van der Waals surface area contributed by atoms with Gasteiger partial charge in [0.05, 0.1) is 24.9 Å². The van der Waals surface area contributed by atoms with E-state index in [9.17, 15) is 4.79 Å². The van der Waals surface area contributed by atoms with Crippen molar-refractivity contribution in [1.82, 2.24) is 19.7 Å². The Morgan fingerprint density at radius 3 is 2.52 bits per heavy atom. The van der Waals surface area contributed by atoms with Gasteiger partial charge >= 0.3 is 5.97 Å². The number of esters is 1. The van der Waals surface area contributed by atoms with Crippen LogP contribution in [0.5, 0.6) is 0 Å². The summed E-state index contributed by atoms with van der Waals surface area (Å²) in [6.45, 7) is 1.87. The predicted molar refractivity (Wildman–Crippen MR) is 101 cm³/mol. The van der Waals surface area contributed by atoms with Crippen LogP contribution in [-0.2, 0) is 16.0 Å². The lowest BCUT2D eigenvalue weighted by Crippen LogP contribution is -2.10. The van der Waals surface area contributed by atoms with E-state index >= 15 is 0 Å². The number of nitrogens with zero attached hydrogens (tertiary/aromatic N) is 4. The second kappa shape index (κ2) is 7.77. The summed E-state index contributed by atoms with van der Waals surface area (Å²) in [5.74, 6) is 1.18. The summed E-state index contributed by atoms with van der Waals surface area (Å²) in [6.07, 6.45) is 2.64. The molecule has 0 saturated carbocycles. The highest BCUT2D eigenvalue weighted by Gasteiger charge is 2.10. The van der Waals surface area contributed by atoms with Crippen LogP contribution >= 0.6 is 0 Å². The number of methoxy groups -OCH3 is 1. The molecule has 8 nitrogen and oxygen atoms in total. The van der Waals surface area contributed by atoms with Gasteiger partial charge in [-0.2, -0.15) is 0 Å². The number of nitrogens with two attached hydrogens (primary N) is 1. The SMILES string of the molecule is COC(=O)CCc1cn(-c2ccc(-c3ccc(C(=N)N)cc3)nn2)c(C)n1. The predicted octanol–water partition coefficient (Wildman–Crippen LogP) is 2.03.